The van der Waals surface area contributed by atoms with E-state index in [1.54, 1.807) is 12.1 Å². The molecule has 0 aliphatic carbocycles. The number of amides is 1. The average molecular weight is 488 g/mol. The second kappa shape index (κ2) is 10.5. The highest BCUT2D eigenvalue weighted by atomic mass is 16.5. The molecule has 2 N–H and O–H groups in total. The molecule has 0 spiro atoms. The second-order valence-electron chi connectivity index (χ2n) is 8.28. The van der Waals surface area contributed by atoms with Gasteiger partial charge in [-0.25, -0.2) is 4.98 Å². The van der Waals surface area contributed by atoms with Gasteiger partial charge in [-0.05, 0) is 30.3 Å². The zero-order valence-electron chi connectivity index (χ0n) is 19.5. The van der Waals surface area contributed by atoms with Crippen molar-refractivity contribution < 1.29 is 24.2 Å². The number of H-pyrrole nitrogens is 1. The maximum atomic E-state index is 13.1. The molecule has 1 saturated heterocycles. The summed E-state index contributed by atoms with van der Waals surface area (Å²) in [7, 11) is 0. The third-order valence-corrected chi connectivity index (χ3v) is 6.01. The van der Waals surface area contributed by atoms with E-state index < -0.39 is 5.91 Å². The number of carbonyl (C=O) groups is 2. The molecule has 0 saturated carbocycles. The second-order valence-corrected chi connectivity index (χ2v) is 8.28. The molecule has 5 rings (SSSR count). The van der Waals surface area contributed by atoms with Crippen LogP contribution in [0.15, 0.2) is 65.8 Å². The summed E-state index contributed by atoms with van der Waals surface area (Å²) in [6.07, 6.45) is 1.93. The minimum atomic E-state index is -0.472. The number of rotatable bonds is 7. The molecule has 0 radical (unpaired) electrons. The summed E-state index contributed by atoms with van der Waals surface area (Å²) in [5, 5.41) is 9.87. The maximum absolute atomic E-state index is 13.1. The topological polar surface area (TPSA) is 122 Å². The highest BCUT2D eigenvalue weighted by Gasteiger charge is 2.14. The first-order chi connectivity index (χ1) is 17.6. The largest absolute Gasteiger partial charge is 0.507 e. The monoisotopic (exact) mass is 487 g/mol. The fourth-order valence-electron chi connectivity index (χ4n) is 4.11. The Bertz CT molecular complexity index is 1470. The summed E-state index contributed by atoms with van der Waals surface area (Å²) in [5.41, 5.74) is 2.56. The van der Waals surface area contributed by atoms with E-state index in [1.165, 1.54) is 24.4 Å². The number of nitrogens with one attached hydrogen (secondary N) is 1. The summed E-state index contributed by atoms with van der Waals surface area (Å²) in [6, 6.07) is 15.3. The van der Waals surface area contributed by atoms with E-state index in [2.05, 4.69) is 19.9 Å². The Morgan fingerprint density at radius 2 is 1.97 bits per heavy atom. The quantitative estimate of drug-likeness (QED) is 0.385. The molecule has 36 heavy (non-hydrogen) atoms. The number of para-hydroxylation sites is 2. The van der Waals surface area contributed by atoms with Crippen molar-refractivity contribution in [3.63, 3.8) is 0 Å². The molecule has 0 atom stereocenters. The first kappa shape index (κ1) is 23.5. The average Bonchev–Trinajstić information content (AvgIpc) is 3.25. The Kier molecular flexibility index (Phi) is 6.87. The normalized spacial score (nSPS) is 14.7. The number of aldehydes is 1. The number of ether oxygens (including phenoxy) is 2. The number of phenolic OH excluding ortho intramolecular Hbond substituents is 1. The van der Waals surface area contributed by atoms with Gasteiger partial charge in [0.05, 0.1) is 29.8 Å². The molecule has 1 aliphatic rings. The van der Waals surface area contributed by atoms with Crippen molar-refractivity contribution in [1.29, 1.82) is 0 Å². The van der Waals surface area contributed by atoms with Crippen LogP contribution in [0.3, 0.4) is 0 Å². The van der Waals surface area contributed by atoms with Gasteiger partial charge in [0.25, 0.3) is 5.91 Å². The molecular weight excluding hydrogens is 462 g/mol. The van der Waals surface area contributed by atoms with Crippen LogP contribution in [0.25, 0.3) is 11.0 Å². The molecule has 0 unspecified atom stereocenters. The van der Waals surface area contributed by atoms with E-state index >= 15 is 0 Å². The molecule has 1 amide bonds. The van der Waals surface area contributed by atoms with Gasteiger partial charge in [-0.3, -0.25) is 14.5 Å². The highest BCUT2D eigenvalue weighted by molar-refractivity contribution is 5.95. The van der Waals surface area contributed by atoms with Gasteiger partial charge in [0.1, 0.15) is 11.5 Å². The van der Waals surface area contributed by atoms with Gasteiger partial charge in [-0.2, -0.15) is 4.99 Å². The highest BCUT2D eigenvalue weighted by Crippen LogP contribution is 2.29. The standard InChI is InChI=1S/C26H25N5O5/c32-17-19-22(33)6-3-7-23(19)36-24-16-18(8-9-27-24)25(34)29-26-28-20-4-1-2-5-21(20)31(26)11-10-30-12-14-35-15-13-30/h1-9,16-17,33H,10-15H2,(H,28,29,34). The van der Waals surface area contributed by atoms with Crippen LogP contribution in [0.4, 0.5) is 0 Å². The number of imidazole rings is 1. The van der Waals surface area contributed by atoms with Crippen molar-refractivity contribution in [2.75, 3.05) is 32.8 Å². The van der Waals surface area contributed by atoms with E-state index in [0.717, 1.165) is 43.9 Å². The van der Waals surface area contributed by atoms with E-state index in [0.29, 0.717) is 18.4 Å². The Hall–Kier alpha value is -4.28. The van der Waals surface area contributed by atoms with Crippen molar-refractivity contribution >= 4 is 23.2 Å². The Morgan fingerprint density at radius 1 is 1.14 bits per heavy atom. The minimum absolute atomic E-state index is 0.0000949. The number of aromatic nitrogens is 3. The first-order valence-electron chi connectivity index (χ1n) is 11.6. The van der Waals surface area contributed by atoms with Crippen molar-refractivity contribution in [3.05, 3.63) is 77.5 Å². The van der Waals surface area contributed by atoms with Gasteiger partial charge in [-0.15, -0.1) is 0 Å². The van der Waals surface area contributed by atoms with E-state index in [4.69, 9.17) is 9.47 Å². The van der Waals surface area contributed by atoms with Gasteiger partial charge < -0.3 is 24.1 Å². The van der Waals surface area contributed by atoms with Gasteiger partial charge in [0, 0.05) is 44.0 Å². The maximum Gasteiger partial charge on any atom is 0.280 e. The Balaban J connectivity index is 1.43. The van der Waals surface area contributed by atoms with Crippen LogP contribution in [0, 0.1) is 0 Å². The van der Waals surface area contributed by atoms with Crippen LogP contribution in [-0.4, -0.2) is 69.6 Å². The van der Waals surface area contributed by atoms with Gasteiger partial charge in [0.2, 0.25) is 11.5 Å². The number of benzene rings is 2. The molecule has 1 fully saturated rings. The predicted octanol–water partition coefficient (Wildman–Crippen LogP) is 2.75. The zero-order chi connectivity index (χ0) is 24.9. The smallest absolute Gasteiger partial charge is 0.280 e. The van der Waals surface area contributed by atoms with Gasteiger partial charge >= 0.3 is 0 Å². The van der Waals surface area contributed by atoms with Crippen molar-refractivity contribution in [1.82, 2.24) is 19.4 Å². The third kappa shape index (κ3) is 5.04. The van der Waals surface area contributed by atoms with Gasteiger partial charge in [0.15, 0.2) is 6.29 Å². The SMILES string of the molecule is O=Cc1c(O)cccc1Oc1cc(C(=O)/N=c2\[nH]c3ccccc3n2CCN2CCOCC2)ccn1. The molecule has 184 valence electrons. The van der Waals surface area contributed by atoms with Crippen molar-refractivity contribution in [2.24, 2.45) is 4.99 Å². The lowest BCUT2D eigenvalue weighted by Crippen LogP contribution is -2.39. The number of hydrogen-bond donors (Lipinski definition) is 2. The van der Waals surface area contributed by atoms with Crippen LogP contribution < -0.4 is 10.4 Å². The summed E-state index contributed by atoms with van der Waals surface area (Å²) < 4.78 is 13.1. The molecule has 2 aromatic carbocycles. The van der Waals surface area contributed by atoms with Crippen LogP contribution in [0.1, 0.15) is 20.7 Å². The Labute approximate surface area is 206 Å². The molecule has 4 aromatic rings. The summed E-state index contributed by atoms with van der Waals surface area (Å²) in [6.45, 7) is 4.66. The fraction of sp³-hybridized carbons (Fsp3) is 0.231. The Morgan fingerprint density at radius 3 is 2.81 bits per heavy atom. The number of aromatic hydroxyl groups is 1. The molecule has 2 aromatic heterocycles. The molecule has 10 nitrogen and oxygen atoms in total. The number of fused-ring (bicyclic) bond motifs is 1. The van der Waals surface area contributed by atoms with Crippen molar-refractivity contribution in [2.45, 2.75) is 6.54 Å². The molecule has 10 heteroatoms. The predicted molar refractivity (Wildman–Crippen MR) is 131 cm³/mol. The zero-order valence-corrected chi connectivity index (χ0v) is 19.5. The van der Waals surface area contributed by atoms with Crippen LogP contribution in [0.5, 0.6) is 17.4 Å². The summed E-state index contributed by atoms with van der Waals surface area (Å²) in [5.74, 6) is -0.442. The fourth-order valence-corrected chi connectivity index (χ4v) is 4.11. The number of nitrogens with zero attached hydrogens (tertiary/aromatic N) is 4. The van der Waals surface area contributed by atoms with Crippen molar-refractivity contribution in [3.8, 4) is 17.4 Å². The van der Waals surface area contributed by atoms with E-state index in [9.17, 15) is 14.7 Å². The number of hydrogen-bond acceptors (Lipinski definition) is 7. The summed E-state index contributed by atoms with van der Waals surface area (Å²) in [4.78, 5) is 38.5. The molecule has 1 aliphatic heterocycles. The van der Waals surface area contributed by atoms with E-state index in [-0.39, 0.29) is 28.5 Å². The van der Waals surface area contributed by atoms with Crippen LogP contribution in [0.2, 0.25) is 0 Å². The number of phenols is 1. The first-order valence-corrected chi connectivity index (χ1v) is 11.6. The minimum Gasteiger partial charge on any atom is -0.507 e. The lowest BCUT2D eigenvalue weighted by Gasteiger charge is -2.26. The summed E-state index contributed by atoms with van der Waals surface area (Å²) >= 11 is 0. The molecule has 0 bridgehead atoms. The van der Waals surface area contributed by atoms with E-state index in [1.807, 2.05) is 28.8 Å². The van der Waals surface area contributed by atoms with Gasteiger partial charge in [-0.1, -0.05) is 18.2 Å². The lowest BCUT2D eigenvalue weighted by atomic mass is 10.2. The number of morpholine rings is 1. The van der Waals surface area contributed by atoms with Crippen LogP contribution in [-0.2, 0) is 11.3 Å². The number of carbonyl (C=O) groups excluding carboxylic acids is 2. The number of pyridine rings is 1. The molecule has 3 heterocycles. The lowest BCUT2D eigenvalue weighted by molar-refractivity contribution is 0.0364. The number of aromatic amines is 1. The third-order valence-electron chi connectivity index (χ3n) is 6.01. The van der Waals surface area contributed by atoms with Crippen LogP contribution >= 0.6 is 0 Å². The molecular formula is C26H25N5O5.